The fourth-order valence-corrected chi connectivity index (χ4v) is 3.77. The van der Waals surface area contributed by atoms with Crippen molar-refractivity contribution in [1.82, 2.24) is 9.97 Å². The Kier molecular flexibility index (Phi) is 4.49. The van der Waals surface area contributed by atoms with E-state index < -0.39 is 0 Å². The van der Waals surface area contributed by atoms with Crippen LogP contribution in [0.3, 0.4) is 0 Å². The third-order valence-corrected chi connectivity index (χ3v) is 5.58. The smallest absolute Gasteiger partial charge is 0.227 e. The third-order valence-electron chi connectivity index (χ3n) is 5.58. The van der Waals surface area contributed by atoms with Gasteiger partial charge in [-0.25, -0.2) is 4.98 Å². The number of rotatable bonds is 3. The summed E-state index contributed by atoms with van der Waals surface area (Å²) in [5.41, 5.74) is 6.41. The van der Waals surface area contributed by atoms with Crippen molar-refractivity contribution >= 4 is 22.6 Å². The quantitative estimate of drug-likeness (QED) is 0.669. The van der Waals surface area contributed by atoms with E-state index in [0.29, 0.717) is 0 Å². The highest BCUT2D eigenvalue weighted by Crippen LogP contribution is 2.27. The Hall–Kier alpha value is -2.62. The number of benzene rings is 2. The number of aromatic amines is 1. The Labute approximate surface area is 154 Å². The fourth-order valence-electron chi connectivity index (χ4n) is 3.77. The molecule has 1 aliphatic rings. The van der Waals surface area contributed by atoms with Gasteiger partial charge in [-0.1, -0.05) is 25.3 Å². The van der Waals surface area contributed by atoms with E-state index in [1.165, 1.54) is 30.4 Å². The van der Waals surface area contributed by atoms with Crippen LogP contribution < -0.4 is 5.32 Å². The van der Waals surface area contributed by atoms with Gasteiger partial charge >= 0.3 is 0 Å². The van der Waals surface area contributed by atoms with Crippen molar-refractivity contribution in [3.05, 3.63) is 47.5 Å². The van der Waals surface area contributed by atoms with E-state index in [-0.39, 0.29) is 11.8 Å². The molecule has 0 saturated heterocycles. The van der Waals surface area contributed by atoms with E-state index in [1.54, 1.807) is 0 Å². The first-order valence-electron chi connectivity index (χ1n) is 9.49. The summed E-state index contributed by atoms with van der Waals surface area (Å²) in [5, 5.41) is 3.06. The number of fused-ring (bicyclic) bond motifs is 1. The number of hydrogen-bond acceptors (Lipinski definition) is 2. The summed E-state index contributed by atoms with van der Waals surface area (Å²) in [4.78, 5) is 20.5. The summed E-state index contributed by atoms with van der Waals surface area (Å²) < 4.78 is 0. The minimum atomic E-state index is 0.160. The number of anilines is 1. The van der Waals surface area contributed by atoms with Crippen molar-refractivity contribution in [3.63, 3.8) is 0 Å². The number of nitrogens with one attached hydrogen (secondary N) is 2. The van der Waals surface area contributed by atoms with Crippen LogP contribution >= 0.6 is 0 Å². The van der Waals surface area contributed by atoms with Crippen LogP contribution in [0.2, 0.25) is 0 Å². The molecular formula is C22H25N3O. The van der Waals surface area contributed by atoms with Crippen molar-refractivity contribution in [3.8, 4) is 11.4 Å². The maximum Gasteiger partial charge on any atom is 0.227 e. The van der Waals surface area contributed by atoms with Gasteiger partial charge in [0.2, 0.25) is 5.91 Å². The standard InChI is InChI=1S/C22H25N3O/c1-14-8-13-19-20(15(14)2)25-21(24-19)16-9-11-18(12-10-16)23-22(26)17-6-4-3-5-7-17/h8-13,17H,3-7H2,1-2H3,(H,23,26)(H,24,25). The second kappa shape index (κ2) is 6.94. The van der Waals surface area contributed by atoms with Gasteiger partial charge in [0.1, 0.15) is 5.82 Å². The first-order valence-corrected chi connectivity index (χ1v) is 9.49. The summed E-state index contributed by atoms with van der Waals surface area (Å²) in [6, 6.07) is 12.1. The molecule has 4 rings (SSSR count). The van der Waals surface area contributed by atoms with Gasteiger partial charge in [0.25, 0.3) is 0 Å². The number of nitrogens with zero attached hydrogens (tertiary/aromatic N) is 1. The van der Waals surface area contributed by atoms with Crippen molar-refractivity contribution in [2.75, 3.05) is 5.32 Å². The van der Waals surface area contributed by atoms with Crippen LogP contribution in [0.1, 0.15) is 43.2 Å². The molecule has 2 N–H and O–H groups in total. The lowest BCUT2D eigenvalue weighted by atomic mass is 9.88. The minimum absolute atomic E-state index is 0.160. The van der Waals surface area contributed by atoms with Gasteiger partial charge in [0, 0.05) is 17.2 Å². The number of H-pyrrole nitrogens is 1. The number of imidazole rings is 1. The van der Waals surface area contributed by atoms with Crippen LogP contribution in [-0.2, 0) is 4.79 Å². The van der Waals surface area contributed by atoms with E-state index in [0.717, 1.165) is 41.0 Å². The van der Waals surface area contributed by atoms with Crippen molar-refractivity contribution in [1.29, 1.82) is 0 Å². The third kappa shape index (κ3) is 3.24. The molecule has 1 heterocycles. The van der Waals surface area contributed by atoms with Crippen molar-refractivity contribution in [2.24, 2.45) is 5.92 Å². The highest BCUT2D eigenvalue weighted by atomic mass is 16.1. The Balaban J connectivity index is 1.52. The second-order valence-corrected chi connectivity index (χ2v) is 7.39. The molecule has 4 heteroatoms. The van der Waals surface area contributed by atoms with Crippen molar-refractivity contribution in [2.45, 2.75) is 46.0 Å². The number of hydrogen-bond donors (Lipinski definition) is 2. The van der Waals surface area contributed by atoms with Gasteiger partial charge in [-0.15, -0.1) is 0 Å². The molecule has 1 saturated carbocycles. The second-order valence-electron chi connectivity index (χ2n) is 7.39. The molecule has 3 aromatic rings. The number of aryl methyl sites for hydroxylation is 2. The molecule has 26 heavy (non-hydrogen) atoms. The summed E-state index contributed by atoms with van der Waals surface area (Å²) in [6.45, 7) is 4.21. The summed E-state index contributed by atoms with van der Waals surface area (Å²) in [7, 11) is 0. The Morgan fingerprint density at radius 3 is 2.50 bits per heavy atom. The molecule has 0 atom stereocenters. The Morgan fingerprint density at radius 2 is 1.77 bits per heavy atom. The maximum absolute atomic E-state index is 12.4. The first-order chi connectivity index (χ1) is 12.6. The van der Waals surface area contributed by atoms with Gasteiger partial charge < -0.3 is 10.3 Å². The summed E-state index contributed by atoms with van der Waals surface area (Å²) in [6.07, 6.45) is 5.63. The average Bonchev–Trinajstić information content (AvgIpc) is 3.11. The predicted octanol–water partition coefficient (Wildman–Crippen LogP) is 5.37. The van der Waals surface area contributed by atoms with E-state index in [1.807, 2.05) is 24.3 Å². The monoisotopic (exact) mass is 347 g/mol. The van der Waals surface area contributed by atoms with E-state index in [4.69, 9.17) is 4.98 Å². The molecule has 0 radical (unpaired) electrons. The molecule has 0 aliphatic heterocycles. The summed E-state index contributed by atoms with van der Waals surface area (Å²) >= 11 is 0. The zero-order chi connectivity index (χ0) is 18.1. The van der Waals surface area contributed by atoms with Crippen LogP contribution in [0, 0.1) is 19.8 Å². The lowest BCUT2D eigenvalue weighted by Gasteiger charge is -2.20. The van der Waals surface area contributed by atoms with Gasteiger partial charge in [-0.3, -0.25) is 4.79 Å². The Bertz CT molecular complexity index is 934. The van der Waals surface area contributed by atoms with Gasteiger partial charge in [0.05, 0.1) is 11.0 Å². The normalized spacial score (nSPS) is 15.3. The first kappa shape index (κ1) is 16.8. The topological polar surface area (TPSA) is 57.8 Å². The van der Waals surface area contributed by atoms with Crippen LogP contribution in [0.4, 0.5) is 5.69 Å². The maximum atomic E-state index is 12.4. The molecule has 0 bridgehead atoms. The predicted molar refractivity (Wildman–Crippen MR) is 106 cm³/mol. The molecule has 2 aromatic carbocycles. The number of carbonyl (C=O) groups excluding carboxylic acids is 1. The fraction of sp³-hybridized carbons (Fsp3) is 0.364. The van der Waals surface area contributed by atoms with Crippen LogP contribution in [0.25, 0.3) is 22.4 Å². The zero-order valence-corrected chi connectivity index (χ0v) is 15.4. The molecule has 1 amide bonds. The van der Waals surface area contributed by atoms with E-state index >= 15 is 0 Å². The lowest BCUT2D eigenvalue weighted by molar-refractivity contribution is -0.120. The number of amides is 1. The Morgan fingerprint density at radius 1 is 1.04 bits per heavy atom. The largest absolute Gasteiger partial charge is 0.338 e. The molecule has 134 valence electrons. The van der Waals surface area contributed by atoms with E-state index in [9.17, 15) is 4.79 Å². The zero-order valence-electron chi connectivity index (χ0n) is 15.4. The van der Waals surface area contributed by atoms with Crippen LogP contribution in [0.15, 0.2) is 36.4 Å². The molecule has 1 fully saturated rings. The van der Waals surface area contributed by atoms with Crippen molar-refractivity contribution < 1.29 is 4.79 Å². The molecule has 0 unspecified atom stereocenters. The molecule has 1 aliphatic carbocycles. The minimum Gasteiger partial charge on any atom is -0.338 e. The van der Waals surface area contributed by atoms with Crippen LogP contribution in [-0.4, -0.2) is 15.9 Å². The molecule has 4 nitrogen and oxygen atoms in total. The van der Waals surface area contributed by atoms with Gasteiger partial charge in [0.15, 0.2) is 0 Å². The number of carbonyl (C=O) groups is 1. The lowest BCUT2D eigenvalue weighted by Crippen LogP contribution is -2.24. The van der Waals surface area contributed by atoms with Gasteiger partial charge in [-0.05, 0) is 68.1 Å². The molecule has 0 spiro atoms. The van der Waals surface area contributed by atoms with Crippen LogP contribution in [0.5, 0.6) is 0 Å². The van der Waals surface area contributed by atoms with Gasteiger partial charge in [-0.2, -0.15) is 0 Å². The highest BCUT2D eigenvalue weighted by Gasteiger charge is 2.21. The summed E-state index contributed by atoms with van der Waals surface area (Å²) in [5.74, 6) is 1.19. The molecular weight excluding hydrogens is 322 g/mol. The average molecular weight is 347 g/mol. The molecule has 1 aromatic heterocycles. The number of aromatic nitrogens is 2. The van der Waals surface area contributed by atoms with E-state index in [2.05, 4.69) is 36.3 Å². The SMILES string of the molecule is Cc1ccc2[nH]c(-c3ccc(NC(=O)C4CCCCC4)cc3)nc2c1C. The highest BCUT2D eigenvalue weighted by molar-refractivity contribution is 5.93.